The molecule has 0 aliphatic heterocycles. The Balaban J connectivity index is 1.62. The number of halogens is 1. The minimum Gasteiger partial charge on any atom is -0.386 e. The number of fused-ring (bicyclic) bond motifs is 3. The fourth-order valence-electron chi connectivity index (χ4n) is 8.04. The highest BCUT2D eigenvalue weighted by Gasteiger charge is 2.66. The first-order valence-corrected chi connectivity index (χ1v) is 11.9. The molecule has 4 fully saturated rings. The molecule has 0 saturated heterocycles. The molecule has 4 rings (SSSR count). The third-order valence-corrected chi connectivity index (χ3v) is 9.79. The molecule has 2 N–H and O–H groups in total. The summed E-state index contributed by atoms with van der Waals surface area (Å²) in [5, 5.41) is 14.2. The molecule has 4 aliphatic rings. The van der Waals surface area contributed by atoms with Gasteiger partial charge in [-0.2, -0.15) is 0 Å². The van der Waals surface area contributed by atoms with Crippen LogP contribution in [-0.4, -0.2) is 27.6 Å². The summed E-state index contributed by atoms with van der Waals surface area (Å²) < 4.78 is 0.544. The summed E-state index contributed by atoms with van der Waals surface area (Å²) in [6.45, 7) is 10.1. The topological polar surface area (TPSA) is 49.3 Å². The maximum Gasteiger partial charge on any atom is 0.229 e. The van der Waals surface area contributed by atoms with Crippen molar-refractivity contribution in [2.45, 2.75) is 77.2 Å². The lowest BCUT2D eigenvalue weighted by atomic mass is 9.41. The molecule has 4 saturated carbocycles. The van der Waals surface area contributed by atoms with E-state index in [9.17, 15) is 9.90 Å². The van der Waals surface area contributed by atoms with E-state index in [4.69, 9.17) is 0 Å². The lowest BCUT2D eigenvalue weighted by Crippen LogP contribution is -2.59. The first kappa shape index (κ1) is 19.2. The van der Waals surface area contributed by atoms with Crippen molar-refractivity contribution in [2.24, 2.45) is 28.1 Å². The molecule has 0 aromatic rings. The zero-order valence-corrected chi connectivity index (χ0v) is 18.5. The number of aliphatic hydroxyl groups is 1. The Hall–Kier alpha value is -0.100. The highest BCUT2D eigenvalue weighted by atomic mass is 127. The van der Waals surface area contributed by atoms with E-state index in [-0.39, 0.29) is 11.3 Å². The molecular formula is C22H34INO2. The van der Waals surface area contributed by atoms with E-state index in [1.807, 2.05) is 0 Å². The number of nitrogens with one attached hydrogen (secondary N) is 1. The SMILES string of the molecule is C=C1C[C@@]23CCC4[C@](C)(CNC(=O)CI)CCC[C@@]4(C)C2CC[C@]1(O)C3. The number of rotatable bonds is 3. The van der Waals surface area contributed by atoms with Gasteiger partial charge < -0.3 is 10.4 Å². The van der Waals surface area contributed by atoms with Crippen LogP contribution in [0.15, 0.2) is 12.2 Å². The number of hydrogen-bond acceptors (Lipinski definition) is 2. The Kier molecular flexibility index (Phi) is 4.58. The maximum atomic E-state index is 11.9. The lowest BCUT2D eigenvalue weighted by molar-refractivity contribution is -0.163. The highest BCUT2D eigenvalue weighted by molar-refractivity contribution is 14.1. The monoisotopic (exact) mass is 471 g/mol. The molecular weight excluding hydrogens is 437 g/mol. The molecule has 1 spiro atoms. The summed E-state index contributed by atoms with van der Waals surface area (Å²) in [5.41, 5.74) is 1.37. The zero-order chi connectivity index (χ0) is 18.8. The van der Waals surface area contributed by atoms with Gasteiger partial charge in [-0.1, -0.05) is 49.4 Å². The number of carbonyl (C=O) groups is 1. The fraction of sp³-hybridized carbons (Fsp3) is 0.864. The van der Waals surface area contributed by atoms with Crippen LogP contribution in [-0.2, 0) is 4.79 Å². The van der Waals surface area contributed by atoms with Crippen molar-refractivity contribution in [3.8, 4) is 0 Å². The smallest absolute Gasteiger partial charge is 0.229 e. The minimum absolute atomic E-state index is 0.168. The van der Waals surface area contributed by atoms with Crippen LogP contribution in [0, 0.1) is 28.1 Å². The van der Waals surface area contributed by atoms with Gasteiger partial charge in [0.2, 0.25) is 5.91 Å². The second-order valence-corrected chi connectivity index (χ2v) is 11.2. The second-order valence-electron chi connectivity index (χ2n) is 10.5. The Bertz CT molecular complexity index is 636. The van der Waals surface area contributed by atoms with E-state index in [1.54, 1.807) is 0 Å². The number of alkyl halides is 1. The molecule has 0 heterocycles. The van der Waals surface area contributed by atoms with Crippen molar-refractivity contribution < 1.29 is 9.90 Å². The molecule has 146 valence electrons. The predicted molar refractivity (Wildman–Crippen MR) is 113 cm³/mol. The fourth-order valence-corrected chi connectivity index (χ4v) is 8.31. The van der Waals surface area contributed by atoms with E-state index in [1.165, 1.54) is 32.1 Å². The van der Waals surface area contributed by atoms with Crippen LogP contribution < -0.4 is 5.32 Å². The predicted octanol–water partition coefficient (Wildman–Crippen LogP) is 4.62. The summed E-state index contributed by atoms with van der Waals surface area (Å²) in [5.74, 6) is 1.54. The van der Waals surface area contributed by atoms with Crippen molar-refractivity contribution in [3.63, 3.8) is 0 Å². The second kappa shape index (κ2) is 6.20. The minimum atomic E-state index is -0.577. The van der Waals surface area contributed by atoms with Crippen LogP contribution in [0.3, 0.4) is 0 Å². The molecule has 0 radical (unpaired) electrons. The van der Waals surface area contributed by atoms with E-state index >= 15 is 0 Å². The van der Waals surface area contributed by atoms with Crippen LogP contribution in [0.4, 0.5) is 0 Å². The maximum absolute atomic E-state index is 11.9. The van der Waals surface area contributed by atoms with Crippen molar-refractivity contribution in [3.05, 3.63) is 12.2 Å². The van der Waals surface area contributed by atoms with Crippen molar-refractivity contribution in [1.82, 2.24) is 5.32 Å². The van der Waals surface area contributed by atoms with Gasteiger partial charge >= 0.3 is 0 Å². The molecule has 0 aromatic carbocycles. The van der Waals surface area contributed by atoms with Gasteiger partial charge in [0.1, 0.15) is 0 Å². The molecule has 0 aromatic heterocycles. The molecule has 26 heavy (non-hydrogen) atoms. The van der Waals surface area contributed by atoms with Crippen LogP contribution in [0.25, 0.3) is 0 Å². The molecule has 2 unspecified atom stereocenters. The van der Waals surface area contributed by atoms with Gasteiger partial charge in [-0.3, -0.25) is 4.79 Å². The van der Waals surface area contributed by atoms with E-state index < -0.39 is 5.60 Å². The van der Waals surface area contributed by atoms with Gasteiger partial charge in [-0.15, -0.1) is 0 Å². The van der Waals surface area contributed by atoms with E-state index in [2.05, 4.69) is 48.3 Å². The Labute approximate surface area is 171 Å². The van der Waals surface area contributed by atoms with Gasteiger partial charge in [0.15, 0.2) is 0 Å². The summed E-state index contributed by atoms with van der Waals surface area (Å²) in [6, 6.07) is 0. The lowest BCUT2D eigenvalue weighted by Gasteiger charge is -2.64. The largest absolute Gasteiger partial charge is 0.386 e. The zero-order valence-electron chi connectivity index (χ0n) is 16.4. The standard InChI is InChI=1S/C22H34INO2/c1-15-11-21-9-5-16-19(2,14-24-18(25)12-23)7-4-8-20(16,3)17(21)6-10-22(15,26)13-21/h16-17,26H,1,4-14H2,2-3H3,(H,24,25)/t16?,17?,19-,20+,21+,22-/m0/s1. The average molecular weight is 471 g/mol. The molecule has 3 nitrogen and oxygen atoms in total. The third-order valence-electron chi connectivity index (χ3n) is 9.09. The summed E-state index contributed by atoms with van der Waals surface area (Å²) in [4.78, 5) is 11.9. The van der Waals surface area contributed by atoms with Gasteiger partial charge in [-0.25, -0.2) is 0 Å². The molecule has 1 amide bonds. The highest BCUT2D eigenvalue weighted by Crippen LogP contribution is 2.72. The van der Waals surface area contributed by atoms with Gasteiger partial charge in [0.05, 0.1) is 10.0 Å². The Morgan fingerprint density at radius 2 is 1.96 bits per heavy atom. The normalized spacial score (nSPS) is 50.1. The Morgan fingerprint density at radius 3 is 2.69 bits per heavy atom. The molecule has 4 aliphatic carbocycles. The quantitative estimate of drug-likeness (QED) is 0.359. The van der Waals surface area contributed by atoms with Gasteiger partial charge in [0.25, 0.3) is 0 Å². The van der Waals surface area contributed by atoms with Crippen LogP contribution in [0.5, 0.6) is 0 Å². The first-order valence-electron chi connectivity index (χ1n) is 10.4. The first-order chi connectivity index (χ1) is 12.2. The van der Waals surface area contributed by atoms with Crippen molar-refractivity contribution >= 4 is 28.5 Å². The molecule has 4 heteroatoms. The van der Waals surface area contributed by atoms with Gasteiger partial charge in [-0.05, 0) is 85.0 Å². The summed E-state index contributed by atoms with van der Waals surface area (Å²) >= 11 is 2.15. The number of carbonyl (C=O) groups excluding carboxylic acids is 1. The van der Waals surface area contributed by atoms with Crippen molar-refractivity contribution in [2.75, 3.05) is 11.0 Å². The number of amides is 1. The van der Waals surface area contributed by atoms with E-state index in [0.29, 0.717) is 27.1 Å². The molecule has 6 atom stereocenters. The van der Waals surface area contributed by atoms with Crippen LogP contribution >= 0.6 is 22.6 Å². The number of hydrogen-bond donors (Lipinski definition) is 2. The van der Waals surface area contributed by atoms with E-state index in [0.717, 1.165) is 37.8 Å². The van der Waals surface area contributed by atoms with Gasteiger partial charge in [0, 0.05) is 6.54 Å². The van der Waals surface area contributed by atoms with Crippen LogP contribution in [0.1, 0.15) is 71.6 Å². The Morgan fingerprint density at radius 1 is 1.23 bits per heavy atom. The van der Waals surface area contributed by atoms with Crippen molar-refractivity contribution in [1.29, 1.82) is 0 Å². The van der Waals surface area contributed by atoms with Crippen LogP contribution in [0.2, 0.25) is 0 Å². The average Bonchev–Trinajstić information content (AvgIpc) is 2.76. The third kappa shape index (κ3) is 2.64. The molecule has 2 bridgehead atoms. The summed E-state index contributed by atoms with van der Waals surface area (Å²) in [6.07, 6.45) is 10.3. The summed E-state index contributed by atoms with van der Waals surface area (Å²) in [7, 11) is 0.